The second kappa shape index (κ2) is 4.38. The molecule has 0 aromatic carbocycles. The minimum Gasteiger partial charge on any atom is -0.396 e. The highest BCUT2D eigenvalue weighted by Crippen LogP contribution is 2.08. The third kappa shape index (κ3) is 2.08. The van der Waals surface area contributed by atoms with Crippen LogP contribution in [0.15, 0.2) is 18.5 Å². The Hall–Kier alpha value is -1.78. The molecular formula is C11H17N5. The number of aromatic nitrogens is 4. The summed E-state index contributed by atoms with van der Waals surface area (Å²) in [6.45, 7) is 5.80. The lowest BCUT2D eigenvalue weighted by Crippen LogP contribution is -2.08. The van der Waals surface area contributed by atoms with Crippen molar-refractivity contribution in [3.63, 3.8) is 0 Å². The molecule has 2 rings (SSSR count). The summed E-state index contributed by atoms with van der Waals surface area (Å²) in [7, 11) is 0. The highest BCUT2D eigenvalue weighted by Gasteiger charge is 2.06. The molecule has 0 saturated heterocycles. The van der Waals surface area contributed by atoms with Crippen LogP contribution in [-0.2, 0) is 19.5 Å². The van der Waals surface area contributed by atoms with E-state index in [9.17, 15) is 0 Å². The molecule has 5 nitrogen and oxygen atoms in total. The summed E-state index contributed by atoms with van der Waals surface area (Å²) in [5, 5.41) is 8.67. The van der Waals surface area contributed by atoms with Crippen LogP contribution in [0.5, 0.6) is 0 Å². The van der Waals surface area contributed by atoms with Gasteiger partial charge in [-0.1, -0.05) is 6.92 Å². The molecule has 86 valence electrons. The van der Waals surface area contributed by atoms with E-state index in [1.807, 2.05) is 15.6 Å². The van der Waals surface area contributed by atoms with Crippen LogP contribution in [0.25, 0.3) is 0 Å². The van der Waals surface area contributed by atoms with Crippen molar-refractivity contribution in [3.05, 3.63) is 29.8 Å². The maximum atomic E-state index is 5.63. The minimum atomic E-state index is 0.693. The van der Waals surface area contributed by atoms with Crippen molar-refractivity contribution < 1.29 is 0 Å². The molecule has 0 amide bonds. The molecule has 2 aromatic heterocycles. The number of hydrogen-bond acceptors (Lipinski definition) is 3. The summed E-state index contributed by atoms with van der Waals surface area (Å²) in [6, 6.07) is 2.13. The molecule has 0 atom stereocenters. The summed E-state index contributed by atoms with van der Waals surface area (Å²) < 4.78 is 3.84. The molecule has 2 heterocycles. The van der Waals surface area contributed by atoms with E-state index in [4.69, 9.17) is 5.73 Å². The van der Waals surface area contributed by atoms with Crippen LogP contribution in [0.3, 0.4) is 0 Å². The normalized spacial score (nSPS) is 10.9. The maximum absolute atomic E-state index is 5.63. The number of nitrogens with zero attached hydrogens (tertiary/aromatic N) is 4. The van der Waals surface area contributed by atoms with E-state index in [1.165, 1.54) is 5.69 Å². The van der Waals surface area contributed by atoms with Crippen LogP contribution < -0.4 is 5.73 Å². The summed E-state index contributed by atoms with van der Waals surface area (Å²) in [5.41, 5.74) is 8.61. The minimum absolute atomic E-state index is 0.693. The van der Waals surface area contributed by atoms with Gasteiger partial charge in [-0.25, -0.2) is 0 Å². The molecule has 0 spiro atoms. The molecule has 0 aliphatic heterocycles. The van der Waals surface area contributed by atoms with E-state index >= 15 is 0 Å². The number of rotatable bonds is 4. The molecule has 2 N–H and O–H groups in total. The fraction of sp³-hybridized carbons (Fsp3) is 0.455. The summed E-state index contributed by atoms with van der Waals surface area (Å²) in [4.78, 5) is 0. The molecule has 0 bridgehead atoms. The van der Waals surface area contributed by atoms with Gasteiger partial charge in [-0.05, 0) is 19.4 Å². The largest absolute Gasteiger partial charge is 0.396 e. The van der Waals surface area contributed by atoms with Crippen LogP contribution >= 0.6 is 0 Å². The van der Waals surface area contributed by atoms with E-state index in [0.29, 0.717) is 5.69 Å². The Morgan fingerprint density at radius 3 is 2.75 bits per heavy atom. The van der Waals surface area contributed by atoms with Gasteiger partial charge in [0, 0.05) is 12.7 Å². The van der Waals surface area contributed by atoms with Crippen molar-refractivity contribution in [1.29, 1.82) is 0 Å². The lowest BCUT2D eigenvalue weighted by atomic mass is 10.3. The number of nitrogens with two attached hydrogens (primary N) is 1. The van der Waals surface area contributed by atoms with Crippen LogP contribution in [0.4, 0.5) is 5.69 Å². The molecule has 16 heavy (non-hydrogen) atoms. The summed E-state index contributed by atoms with van der Waals surface area (Å²) in [6.07, 6.45) is 4.45. The van der Waals surface area contributed by atoms with Crippen molar-refractivity contribution >= 4 is 5.69 Å². The quantitative estimate of drug-likeness (QED) is 0.843. The Balaban J connectivity index is 2.22. The molecule has 0 aliphatic rings. The second-order valence-corrected chi connectivity index (χ2v) is 3.77. The highest BCUT2D eigenvalue weighted by molar-refractivity contribution is 5.30. The predicted molar refractivity (Wildman–Crippen MR) is 63.0 cm³/mol. The predicted octanol–water partition coefficient (Wildman–Crippen LogP) is 1.29. The third-order valence-corrected chi connectivity index (χ3v) is 2.55. The van der Waals surface area contributed by atoms with Crippen molar-refractivity contribution in [1.82, 2.24) is 19.6 Å². The van der Waals surface area contributed by atoms with Crippen LogP contribution in [0.2, 0.25) is 0 Å². The standard InChI is InChI=1S/C11H17N5/c1-3-10-5-11(16(4-2)14-10)8-15-7-9(12)6-13-15/h5-7H,3-4,8,12H2,1-2H3. The van der Waals surface area contributed by atoms with E-state index < -0.39 is 0 Å². The van der Waals surface area contributed by atoms with Gasteiger partial charge in [-0.15, -0.1) is 0 Å². The summed E-state index contributed by atoms with van der Waals surface area (Å²) in [5.74, 6) is 0. The van der Waals surface area contributed by atoms with Crippen molar-refractivity contribution in [3.8, 4) is 0 Å². The summed E-state index contributed by atoms with van der Waals surface area (Å²) >= 11 is 0. The maximum Gasteiger partial charge on any atom is 0.0829 e. The van der Waals surface area contributed by atoms with E-state index in [0.717, 1.165) is 25.2 Å². The third-order valence-electron chi connectivity index (χ3n) is 2.55. The first-order valence-corrected chi connectivity index (χ1v) is 5.56. The molecule has 5 heteroatoms. The molecule has 2 aromatic rings. The van der Waals surface area contributed by atoms with Gasteiger partial charge in [0.1, 0.15) is 0 Å². The number of nitrogen functional groups attached to an aromatic ring is 1. The first kappa shape index (κ1) is 10.7. The SMILES string of the molecule is CCc1cc(Cn2cc(N)cn2)n(CC)n1. The van der Waals surface area contributed by atoms with Crippen molar-refractivity contribution in [2.45, 2.75) is 33.4 Å². The molecule has 0 unspecified atom stereocenters. The first-order valence-electron chi connectivity index (χ1n) is 5.56. The average Bonchev–Trinajstić information content (AvgIpc) is 2.85. The Morgan fingerprint density at radius 1 is 1.38 bits per heavy atom. The van der Waals surface area contributed by atoms with Gasteiger partial charge in [0.15, 0.2) is 0 Å². The van der Waals surface area contributed by atoms with Gasteiger partial charge in [0.2, 0.25) is 0 Å². The van der Waals surface area contributed by atoms with E-state index in [2.05, 4.69) is 30.1 Å². The molecule has 0 saturated carbocycles. The van der Waals surface area contributed by atoms with Crippen LogP contribution in [0.1, 0.15) is 25.2 Å². The van der Waals surface area contributed by atoms with Crippen molar-refractivity contribution in [2.75, 3.05) is 5.73 Å². The average molecular weight is 219 g/mol. The van der Waals surface area contributed by atoms with Crippen LogP contribution in [0, 0.1) is 0 Å². The molecular weight excluding hydrogens is 202 g/mol. The van der Waals surface area contributed by atoms with E-state index in [-0.39, 0.29) is 0 Å². The van der Waals surface area contributed by atoms with Gasteiger partial charge in [0.25, 0.3) is 0 Å². The number of aryl methyl sites for hydroxylation is 2. The van der Waals surface area contributed by atoms with Gasteiger partial charge < -0.3 is 5.73 Å². The fourth-order valence-corrected chi connectivity index (χ4v) is 1.72. The lowest BCUT2D eigenvalue weighted by Gasteiger charge is -2.04. The van der Waals surface area contributed by atoms with Gasteiger partial charge in [-0.2, -0.15) is 10.2 Å². The Bertz CT molecular complexity index is 468. The number of anilines is 1. The Morgan fingerprint density at radius 2 is 2.19 bits per heavy atom. The van der Waals surface area contributed by atoms with Gasteiger partial charge in [0.05, 0.1) is 29.8 Å². The zero-order valence-corrected chi connectivity index (χ0v) is 9.72. The number of hydrogen-bond donors (Lipinski definition) is 1. The van der Waals surface area contributed by atoms with Crippen LogP contribution in [-0.4, -0.2) is 19.6 Å². The van der Waals surface area contributed by atoms with Crippen molar-refractivity contribution in [2.24, 2.45) is 0 Å². The zero-order valence-electron chi connectivity index (χ0n) is 9.72. The Labute approximate surface area is 94.9 Å². The topological polar surface area (TPSA) is 61.7 Å². The molecule has 0 fully saturated rings. The van der Waals surface area contributed by atoms with Gasteiger partial charge in [-0.3, -0.25) is 9.36 Å². The Kier molecular flexibility index (Phi) is 2.94. The monoisotopic (exact) mass is 219 g/mol. The fourth-order valence-electron chi connectivity index (χ4n) is 1.72. The lowest BCUT2D eigenvalue weighted by molar-refractivity contribution is 0.574. The van der Waals surface area contributed by atoms with Gasteiger partial charge >= 0.3 is 0 Å². The first-order chi connectivity index (χ1) is 7.72. The molecule has 0 aliphatic carbocycles. The smallest absolute Gasteiger partial charge is 0.0829 e. The van der Waals surface area contributed by atoms with E-state index in [1.54, 1.807) is 6.20 Å². The highest BCUT2D eigenvalue weighted by atomic mass is 15.3. The molecule has 0 radical (unpaired) electrons. The second-order valence-electron chi connectivity index (χ2n) is 3.77. The zero-order chi connectivity index (χ0) is 11.5.